The highest BCUT2D eigenvalue weighted by Crippen LogP contribution is 2.36. The molecule has 2 aromatic carbocycles. The topological polar surface area (TPSA) is 76.8 Å². The third-order valence-electron chi connectivity index (χ3n) is 5.83. The van der Waals surface area contributed by atoms with Gasteiger partial charge in [0.25, 0.3) is 0 Å². The molecule has 5 aromatic rings. The van der Waals surface area contributed by atoms with Crippen molar-refractivity contribution >= 4 is 11.1 Å². The number of aromatic amines is 1. The normalized spacial score (nSPS) is 14.7. The fourth-order valence-corrected chi connectivity index (χ4v) is 4.04. The van der Waals surface area contributed by atoms with Gasteiger partial charge in [-0.2, -0.15) is 5.10 Å². The third kappa shape index (κ3) is 4.61. The molecule has 0 radical (unpaired) electrons. The fraction of sp³-hybridized carbons (Fsp3) is 0.222. The molecule has 1 N–H and O–H groups in total. The lowest BCUT2D eigenvalue weighted by Crippen LogP contribution is -2.15. The maximum absolute atomic E-state index is 13.3. The summed E-state index contributed by atoms with van der Waals surface area (Å²) < 4.78 is 24.5. The molecule has 1 saturated heterocycles. The first-order chi connectivity index (χ1) is 16.5. The van der Waals surface area contributed by atoms with Gasteiger partial charge in [0.2, 0.25) is 5.71 Å². The summed E-state index contributed by atoms with van der Waals surface area (Å²) in [6, 6.07) is 18.0. The number of rotatable bonds is 3. The molecule has 0 unspecified atom stereocenters. The van der Waals surface area contributed by atoms with Gasteiger partial charge >= 0.3 is 0 Å². The molecular weight excluding hydrogens is 431 g/mol. The van der Waals surface area contributed by atoms with Crippen molar-refractivity contribution in [1.82, 2.24) is 20.2 Å². The van der Waals surface area contributed by atoms with Crippen molar-refractivity contribution in [3.05, 3.63) is 79.0 Å². The van der Waals surface area contributed by atoms with Gasteiger partial charge in [0.05, 0.1) is 28.6 Å². The second kappa shape index (κ2) is 9.19. The maximum atomic E-state index is 13.3. The van der Waals surface area contributed by atoms with Crippen LogP contribution in [0.1, 0.15) is 26.7 Å². The Morgan fingerprint density at radius 2 is 1.76 bits per heavy atom. The summed E-state index contributed by atoms with van der Waals surface area (Å²) in [7, 11) is 0. The van der Waals surface area contributed by atoms with Gasteiger partial charge in [-0.1, -0.05) is 30.3 Å². The Balaban J connectivity index is 0.000000297. The molecule has 0 aliphatic carbocycles. The maximum Gasteiger partial charge on any atom is 0.230 e. The van der Waals surface area contributed by atoms with Crippen molar-refractivity contribution in [3.8, 4) is 33.8 Å². The zero-order valence-corrected chi connectivity index (χ0v) is 19.1. The predicted molar refractivity (Wildman–Crippen MR) is 129 cm³/mol. The number of benzene rings is 2. The van der Waals surface area contributed by atoms with Crippen molar-refractivity contribution < 1.29 is 13.5 Å². The number of furan rings is 1. The van der Waals surface area contributed by atoms with Gasteiger partial charge in [0.1, 0.15) is 17.9 Å². The van der Waals surface area contributed by atoms with Crippen LogP contribution in [-0.2, 0) is 4.74 Å². The minimum atomic E-state index is -0.286. The van der Waals surface area contributed by atoms with E-state index in [9.17, 15) is 4.39 Å². The largest absolute Gasteiger partial charge is 0.438 e. The zero-order valence-electron chi connectivity index (χ0n) is 19.1. The summed E-state index contributed by atoms with van der Waals surface area (Å²) >= 11 is 0. The molecule has 1 fully saturated rings. The molecule has 34 heavy (non-hydrogen) atoms. The monoisotopic (exact) mass is 456 g/mol. The predicted octanol–water partition coefficient (Wildman–Crippen LogP) is 6.66. The second-order valence-electron chi connectivity index (χ2n) is 8.80. The third-order valence-corrected chi connectivity index (χ3v) is 5.83. The minimum Gasteiger partial charge on any atom is -0.438 e. The highest BCUT2D eigenvalue weighted by Gasteiger charge is 2.22. The zero-order chi connectivity index (χ0) is 23.5. The Kier molecular flexibility index (Phi) is 5.94. The first-order valence-corrected chi connectivity index (χ1v) is 11.2. The molecule has 0 bridgehead atoms. The first-order valence-electron chi connectivity index (χ1n) is 11.2. The molecule has 1 aliphatic heterocycles. The molecule has 4 heterocycles. The van der Waals surface area contributed by atoms with E-state index in [-0.39, 0.29) is 11.4 Å². The number of fused-ring (bicyclic) bond motifs is 1. The van der Waals surface area contributed by atoms with Crippen LogP contribution in [0.25, 0.3) is 44.9 Å². The molecule has 7 heteroatoms. The van der Waals surface area contributed by atoms with Crippen molar-refractivity contribution in [3.63, 3.8) is 0 Å². The minimum absolute atomic E-state index is 0.194. The van der Waals surface area contributed by atoms with Crippen LogP contribution in [0.4, 0.5) is 4.39 Å². The van der Waals surface area contributed by atoms with Crippen LogP contribution in [0, 0.1) is 5.82 Å². The van der Waals surface area contributed by atoms with Crippen molar-refractivity contribution in [2.75, 3.05) is 6.61 Å². The standard InChI is InChI=1S/C21H13FN4O.C6H12O/c22-15-8-6-14(7-9-15)19-17(11-25-26-19)20-16-10-18(13-4-2-1-3-5-13)27-21(16)24-12-23-20;1-6(2)4-3-5-7-6/h1-12H,(H,25,26);3-5H2,1-2H3. The van der Waals surface area contributed by atoms with Gasteiger partial charge in [0, 0.05) is 23.3 Å². The number of hydrogen-bond donors (Lipinski definition) is 1. The van der Waals surface area contributed by atoms with E-state index in [1.165, 1.54) is 31.3 Å². The van der Waals surface area contributed by atoms with Gasteiger partial charge in [-0.15, -0.1) is 0 Å². The van der Waals surface area contributed by atoms with Gasteiger partial charge < -0.3 is 9.15 Å². The Bertz CT molecular complexity index is 1380. The van der Waals surface area contributed by atoms with Gasteiger partial charge in [-0.25, -0.2) is 14.4 Å². The highest BCUT2D eigenvalue weighted by atomic mass is 19.1. The molecule has 3 aromatic heterocycles. The molecule has 1 aliphatic rings. The second-order valence-corrected chi connectivity index (χ2v) is 8.80. The lowest BCUT2D eigenvalue weighted by atomic mass is 10.0. The van der Waals surface area contributed by atoms with E-state index in [1.807, 2.05) is 36.4 Å². The lowest BCUT2D eigenvalue weighted by Gasteiger charge is -2.14. The summed E-state index contributed by atoms with van der Waals surface area (Å²) in [4.78, 5) is 8.71. The van der Waals surface area contributed by atoms with E-state index in [2.05, 4.69) is 34.0 Å². The number of nitrogens with zero attached hydrogens (tertiary/aromatic N) is 3. The number of ether oxygens (including phenoxy) is 1. The van der Waals surface area contributed by atoms with E-state index >= 15 is 0 Å². The molecule has 0 amide bonds. The quantitative estimate of drug-likeness (QED) is 0.328. The van der Waals surface area contributed by atoms with E-state index in [1.54, 1.807) is 18.3 Å². The molecule has 0 spiro atoms. The average molecular weight is 457 g/mol. The number of hydrogen-bond acceptors (Lipinski definition) is 5. The van der Waals surface area contributed by atoms with E-state index < -0.39 is 0 Å². The molecule has 6 rings (SSSR count). The Morgan fingerprint density at radius 1 is 0.971 bits per heavy atom. The van der Waals surface area contributed by atoms with Crippen LogP contribution < -0.4 is 0 Å². The van der Waals surface area contributed by atoms with Crippen LogP contribution in [-0.4, -0.2) is 32.4 Å². The Hall–Kier alpha value is -3.84. The number of nitrogens with one attached hydrogen (secondary N) is 1. The Labute approximate surface area is 196 Å². The molecular formula is C27H25FN4O2. The van der Waals surface area contributed by atoms with Crippen LogP contribution >= 0.6 is 0 Å². The molecule has 172 valence electrons. The van der Waals surface area contributed by atoms with E-state index in [0.29, 0.717) is 11.4 Å². The first kappa shape index (κ1) is 22.0. The van der Waals surface area contributed by atoms with Crippen LogP contribution in [0.15, 0.2) is 77.6 Å². The summed E-state index contributed by atoms with van der Waals surface area (Å²) in [5.74, 6) is 0.436. The number of halogens is 1. The van der Waals surface area contributed by atoms with Crippen molar-refractivity contribution in [2.45, 2.75) is 32.3 Å². The fourth-order valence-electron chi connectivity index (χ4n) is 4.04. The number of H-pyrrole nitrogens is 1. The molecule has 0 atom stereocenters. The van der Waals surface area contributed by atoms with Gasteiger partial charge in [-0.05, 0) is 57.0 Å². The SMILES string of the molecule is CC1(C)CCCO1.Fc1ccc(-c2[nH]ncc2-c2ncnc3oc(-c4ccccc4)cc23)cc1. The Morgan fingerprint density at radius 3 is 2.44 bits per heavy atom. The number of aromatic nitrogens is 4. The van der Waals surface area contributed by atoms with E-state index in [0.717, 1.165) is 40.1 Å². The van der Waals surface area contributed by atoms with Crippen molar-refractivity contribution in [1.29, 1.82) is 0 Å². The van der Waals surface area contributed by atoms with E-state index in [4.69, 9.17) is 9.15 Å². The summed E-state index contributed by atoms with van der Waals surface area (Å²) in [5, 5.41) is 7.93. The molecule has 6 nitrogen and oxygen atoms in total. The smallest absolute Gasteiger partial charge is 0.230 e. The van der Waals surface area contributed by atoms with Crippen LogP contribution in [0.2, 0.25) is 0 Å². The summed E-state index contributed by atoms with van der Waals surface area (Å²) in [6.07, 6.45) is 5.65. The lowest BCUT2D eigenvalue weighted by molar-refractivity contribution is 0.0367. The van der Waals surface area contributed by atoms with Crippen molar-refractivity contribution in [2.24, 2.45) is 0 Å². The van der Waals surface area contributed by atoms with Crippen LogP contribution in [0.5, 0.6) is 0 Å². The van der Waals surface area contributed by atoms with Crippen LogP contribution in [0.3, 0.4) is 0 Å². The summed E-state index contributed by atoms with van der Waals surface area (Å²) in [6.45, 7) is 5.24. The van der Waals surface area contributed by atoms with Gasteiger partial charge in [0.15, 0.2) is 0 Å². The average Bonchev–Trinajstić information content (AvgIpc) is 3.59. The molecule has 0 saturated carbocycles. The highest BCUT2D eigenvalue weighted by molar-refractivity contribution is 5.95. The summed E-state index contributed by atoms with van der Waals surface area (Å²) in [5.41, 5.74) is 4.76. The van der Waals surface area contributed by atoms with Gasteiger partial charge in [-0.3, -0.25) is 5.10 Å².